The normalized spacial score (nSPS) is 18.8. The van der Waals surface area contributed by atoms with E-state index < -0.39 is 0 Å². The van der Waals surface area contributed by atoms with Crippen molar-refractivity contribution in [1.82, 2.24) is 25.6 Å². The van der Waals surface area contributed by atoms with Crippen LogP contribution in [0.1, 0.15) is 30.7 Å². The Morgan fingerprint density at radius 2 is 2.41 bits per heavy atom. The van der Waals surface area contributed by atoms with Crippen molar-refractivity contribution in [3.05, 3.63) is 11.4 Å². The molecule has 2 N–H and O–H groups in total. The van der Waals surface area contributed by atoms with Crippen molar-refractivity contribution in [3.8, 4) is 0 Å². The van der Waals surface area contributed by atoms with Gasteiger partial charge in [-0.1, -0.05) is 5.21 Å². The Morgan fingerprint density at radius 1 is 1.53 bits per heavy atom. The molecule has 1 fully saturated rings. The van der Waals surface area contributed by atoms with Gasteiger partial charge in [-0.2, -0.15) is 0 Å². The third kappa shape index (κ3) is 2.46. The van der Waals surface area contributed by atoms with E-state index in [9.17, 15) is 4.79 Å². The lowest BCUT2D eigenvalue weighted by Gasteiger charge is -2.14. The van der Waals surface area contributed by atoms with Gasteiger partial charge in [-0.15, -0.1) is 5.10 Å². The van der Waals surface area contributed by atoms with Gasteiger partial charge in [-0.05, 0) is 12.8 Å². The molecular weight excluding hydrogens is 218 g/mol. The van der Waals surface area contributed by atoms with Crippen LogP contribution in [0.15, 0.2) is 0 Å². The van der Waals surface area contributed by atoms with Gasteiger partial charge in [0.1, 0.15) is 0 Å². The summed E-state index contributed by atoms with van der Waals surface area (Å²) >= 11 is 0. The number of amides is 1. The fraction of sp³-hybridized carbons (Fsp3) is 0.727. The molecule has 6 nitrogen and oxygen atoms in total. The summed E-state index contributed by atoms with van der Waals surface area (Å²) < 4.78 is 1.94. The molecule has 1 aliphatic heterocycles. The molecule has 1 amide bonds. The number of aromatic nitrogens is 3. The van der Waals surface area contributed by atoms with E-state index in [1.54, 1.807) is 0 Å². The third-order valence-electron chi connectivity index (χ3n) is 3.24. The number of fused-ring (bicyclic) bond motifs is 1. The fourth-order valence-corrected chi connectivity index (χ4v) is 2.09. The first-order chi connectivity index (χ1) is 8.33. The number of hydrogen-bond donors (Lipinski definition) is 2. The molecule has 17 heavy (non-hydrogen) atoms. The van der Waals surface area contributed by atoms with E-state index in [1.807, 2.05) is 4.68 Å². The summed E-state index contributed by atoms with van der Waals surface area (Å²) in [5.41, 5.74) is 2.10. The van der Waals surface area contributed by atoms with Gasteiger partial charge < -0.3 is 10.6 Å². The van der Waals surface area contributed by atoms with Gasteiger partial charge in [-0.25, -0.2) is 4.68 Å². The first-order valence-electron chi connectivity index (χ1n) is 6.24. The van der Waals surface area contributed by atoms with Crippen LogP contribution >= 0.6 is 0 Å². The van der Waals surface area contributed by atoms with E-state index in [1.165, 1.54) is 0 Å². The SMILES string of the molecule is O=C(CCc1nnn2c1CNCC2)NC1CC1. The minimum absolute atomic E-state index is 0.137. The standard InChI is InChI=1S/C11H17N5O/c17-11(13-8-1-2-8)4-3-9-10-7-12-5-6-16(10)15-14-9/h8,12H,1-7H2,(H,13,17). The van der Waals surface area contributed by atoms with Gasteiger partial charge in [-0.3, -0.25) is 4.79 Å². The molecule has 92 valence electrons. The first-order valence-corrected chi connectivity index (χ1v) is 6.24. The highest BCUT2D eigenvalue weighted by molar-refractivity contribution is 5.76. The zero-order valence-corrected chi connectivity index (χ0v) is 9.78. The number of nitrogens with zero attached hydrogens (tertiary/aromatic N) is 3. The smallest absolute Gasteiger partial charge is 0.220 e. The minimum atomic E-state index is 0.137. The molecule has 1 aromatic rings. The van der Waals surface area contributed by atoms with E-state index in [-0.39, 0.29) is 5.91 Å². The predicted molar refractivity (Wildman–Crippen MR) is 61.2 cm³/mol. The molecule has 0 saturated heterocycles. The summed E-state index contributed by atoms with van der Waals surface area (Å²) in [5.74, 6) is 0.137. The van der Waals surface area contributed by atoms with E-state index in [4.69, 9.17) is 0 Å². The van der Waals surface area contributed by atoms with Crippen molar-refractivity contribution in [2.45, 2.75) is 44.8 Å². The quantitative estimate of drug-likeness (QED) is 0.744. The maximum atomic E-state index is 11.6. The van der Waals surface area contributed by atoms with Crippen molar-refractivity contribution in [3.63, 3.8) is 0 Å². The second-order valence-corrected chi connectivity index (χ2v) is 4.72. The topological polar surface area (TPSA) is 71.8 Å². The molecule has 1 aliphatic carbocycles. The maximum absolute atomic E-state index is 11.6. The average Bonchev–Trinajstić information content (AvgIpc) is 3.06. The number of rotatable bonds is 4. The molecule has 0 spiro atoms. The van der Waals surface area contributed by atoms with Gasteiger partial charge in [0.25, 0.3) is 0 Å². The van der Waals surface area contributed by atoms with Crippen molar-refractivity contribution < 1.29 is 4.79 Å². The maximum Gasteiger partial charge on any atom is 0.220 e. The summed E-state index contributed by atoms with van der Waals surface area (Å²) in [5, 5.41) is 14.5. The summed E-state index contributed by atoms with van der Waals surface area (Å²) in [6.07, 6.45) is 3.48. The van der Waals surface area contributed by atoms with Crippen LogP contribution in [0.5, 0.6) is 0 Å². The van der Waals surface area contributed by atoms with E-state index in [0.717, 1.165) is 43.9 Å². The zero-order chi connectivity index (χ0) is 11.7. The van der Waals surface area contributed by atoms with E-state index >= 15 is 0 Å². The molecular formula is C11H17N5O. The van der Waals surface area contributed by atoms with E-state index in [0.29, 0.717) is 18.9 Å². The van der Waals surface area contributed by atoms with Crippen molar-refractivity contribution in [2.24, 2.45) is 0 Å². The van der Waals surface area contributed by atoms with Crippen LogP contribution in [0.2, 0.25) is 0 Å². The van der Waals surface area contributed by atoms with Gasteiger partial charge in [0.2, 0.25) is 5.91 Å². The molecule has 0 bridgehead atoms. The highest BCUT2D eigenvalue weighted by Gasteiger charge is 2.23. The molecule has 1 saturated carbocycles. The summed E-state index contributed by atoms with van der Waals surface area (Å²) in [6, 6.07) is 0.443. The summed E-state index contributed by atoms with van der Waals surface area (Å²) in [4.78, 5) is 11.6. The minimum Gasteiger partial charge on any atom is -0.353 e. The van der Waals surface area contributed by atoms with Crippen molar-refractivity contribution >= 4 is 5.91 Å². The lowest BCUT2D eigenvalue weighted by Crippen LogP contribution is -2.29. The van der Waals surface area contributed by atoms with Crippen LogP contribution in [0.25, 0.3) is 0 Å². The summed E-state index contributed by atoms with van der Waals surface area (Å²) in [7, 11) is 0. The monoisotopic (exact) mass is 235 g/mol. The molecule has 1 aromatic heterocycles. The Morgan fingerprint density at radius 3 is 3.24 bits per heavy atom. The molecule has 0 unspecified atom stereocenters. The Balaban J connectivity index is 1.57. The lowest BCUT2D eigenvalue weighted by atomic mass is 10.1. The molecule has 2 aliphatic rings. The van der Waals surface area contributed by atoms with Gasteiger partial charge in [0.15, 0.2) is 0 Å². The Labute approximate surface area is 99.8 Å². The molecule has 0 atom stereocenters. The second-order valence-electron chi connectivity index (χ2n) is 4.72. The average molecular weight is 235 g/mol. The van der Waals surface area contributed by atoms with Gasteiger partial charge in [0, 0.05) is 32.0 Å². The Hall–Kier alpha value is -1.43. The summed E-state index contributed by atoms with van der Waals surface area (Å²) in [6.45, 7) is 2.63. The third-order valence-corrected chi connectivity index (χ3v) is 3.24. The van der Waals surface area contributed by atoms with Crippen LogP contribution < -0.4 is 10.6 Å². The molecule has 0 radical (unpaired) electrons. The largest absolute Gasteiger partial charge is 0.353 e. The van der Waals surface area contributed by atoms with Crippen LogP contribution in [0, 0.1) is 0 Å². The fourth-order valence-electron chi connectivity index (χ4n) is 2.09. The molecule has 6 heteroatoms. The highest BCUT2D eigenvalue weighted by Crippen LogP contribution is 2.19. The van der Waals surface area contributed by atoms with E-state index in [2.05, 4.69) is 20.9 Å². The van der Waals surface area contributed by atoms with Crippen LogP contribution in [0.3, 0.4) is 0 Å². The molecule has 3 rings (SSSR count). The van der Waals surface area contributed by atoms with Gasteiger partial charge in [0.05, 0.1) is 17.9 Å². The van der Waals surface area contributed by atoms with Crippen LogP contribution in [0.4, 0.5) is 0 Å². The molecule has 2 heterocycles. The Bertz CT molecular complexity index is 423. The van der Waals surface area contributed by atoms with Crippen LogP contribution in [-0.2, 0) is 24.3 Å². The van der Waals surface area contributed by atoms with Gasteiger partial charge >= 0.3 is 0 Å². The number of aryl methyl sites for hydroxylation is 1. The van der Waals surface area contributed by atoms with Crippen molar-refractivity contribution in [1.29, 1.82) is 0 Å². The Kier molecular flexibility index (Phi) is 2.80. The zero-order valence-electron chi connectivity index (χ0n) is 9.78. The predicted octanol–water partition coefficient (Wildman–Crippen LogP) is -0.407. The van der Waals surface area contributed by atoms with Crippen molar-refractivity contribution in [2.75, 3.05) is 6.54 Å². The second kappa shape index (κ2) is 4.44. The lowest BCUT2D eigenvalue weighted by molar-refractivity contribution is -0.121. The number of carbonyl (C=O) groups excluding carboxylic acids is 1. The van der Waals surface area contributed by atoms with Crippen LogP contribution in [-0.4, -0.2) is 33.5 Å². The number of nitrogens with one attached hydrogen (secondary N) is 2. The number of hydrogen-bond acceptors (Lipinski definition) is 4. The highest BCUT2D eigenvalue weighted by atomic mass is 16.1. The first kappa shape index (κ1) is 10.7. The molecule has 0 aromatic carbocycles. The number of carbonyl (C=O) groups is 1.